The molecule has 0 amide bonds. The fourth-order valence-corrected chi connectivity index (χ4v) is 3.65. The molecule has 2 saturated carbocycles. The summed E-state index contributed by atoms with van der Waals surface area (Å²) in [4.78, 5) is 0. The zero-order valence-electron chi connectivity index (χ0n) is 9.52. The number of hydrogen-bond acceptors (Lipinski definition) is 3. The molecule has 1 unspecified atom stereocenters. The first-order chi connectivity index (χ1) is 7.58. The molecule has 90 valence electrons. The fraction of sp³-hybridized carbons (Fsp3) is 0.909. The van der Waals surface area contributed by atoms with Gasteiger partial charge in [-0.3, -0.25) is 0 Å². The molecule has 2 aliphatic carbocycles. The molecule has 0 radical (unpaired) electrons. The standard InChI is InChI=1S/C11H18N2O2S/c1-2-10(7-12)16(14,15)13-11(8-3-4-8)9-5-6-9/h8-11,13H,2-6H2,1H3. The predicted octanol–water partition coefficient (Wildman–Crippen LogP) is 1.40. The van der Waals surface area contributed by atoms with E-state index in [1.165, 1.54) is 0 Å². The summed E-state index contributed by atoms with van der Waals surface area (Å²) in [6.07, 6.45) is 4.88. The van der Waals surface area contributed by atoms with Crippen molar-refractivity contribution in [1.82, 2.24) is 4.72 Å². The minimum absolute atomic E-state index is 0.104. The van der Waals surface area contributed by atoms with Gasteiger partial charge in [0.1, 0.15) is 0 Å². The molecule has 0 aromatic heterocycles. The molecule has 2 aliphatic rings. The quantitative estimate of drug-likeness (QED) is 0.765. The zero-order valence-corrected chi connectivity index (χ0v) is 10.3. The largest absolute Gasteiger partial charge is 0.228 e. The van der Waals surface area contributed by atoms with E-state index in [1.54, 1.807) is 6.92 Å². The minimum Gasteiger partial charge on any atom is -0.211 e. The van der Waals surface area contributed by atoms with Gasteiger partial charge in [0.2, 0.25) is 10.0 Å². The smallest absolute Gasteiger partial charge is 0.211 e. The van der Waals surface area contributed by atoms with E-state index < -0.39 is 15.3 Å². The van der Waals surface area contributed by atoms with Crippen LogP contribution in [0.5, 0.6) is 0 Å². The Morgan fingerprint density at radius 1 is 1.31 bits per heavy atom. The summed E-state index contributed by atoms with van der Waals surface area (Å²) >= 11 is 0. The molecule has 0 spiro atoms. The second kappa shape index (κ2) is 4.34. The molecule has 1 atom stereocenters. The molecule has 0 bridgehead atoms. The second-order valence-electron chi connectivity index (χ2n) is 4.89. The highest BCUT2D eigenvalue weighted by molar-refractivity contribution is 7.90. The van der Waals surface area contributed by atoms with Crippen molar-refractivity contribution in [2.24, 2.45) is 11.8 Å². The van der Waals surface area contributed by atoms with E-state index in [-0.39, 0.29) is 6.04 Å². The van der Waals surface area contributed by atoms with Crippen molar-refractivity contribution in [1.29, 1.82) is 5.26 Å². The van der Waals surface area contributed by atoms with Crippen LogP contribution in [0.25, 0.3) is 0 Å². The Kier molecular flexibility index (Phi) is 3.22. The first kappa shape index (κ1) is 11.9. The normalized spacial score (nSPS) is 23.1. The number of rotatable bonds is 6. The molecule has 0 aromatic carbocycles. The molecule has 2 fully saturated rings. The molecule has 2 rings (SSSR count). The average Bonchev–Trinajstić information content (AvgIpc) is 3.08. The van der Waals surface area contributed by atoms with Crippen molar-refractivity contribution in [3.63, 3.8) is 0 Å². The lowest BCUT2D eigenvalue weighted by atomic mass is 10.1. The summed E-state index contributed by atoms with van der Waals surface area (Å²) < 4.78 is 26.6. The summed E-state index contributed by atoms with van der Waals surface area (Å²) in [5.74, 6) is 1.05. The third kappa shape index (κ3) is 2.55. The van der Waals surface area contributed by atoms with Crippen molar-refractivity contribution < 1.29 is 8.42 Å². The van der Waals surface area contributed by atoms with Crippen molar-refractivity contribution in [3.05, 3.63) is 0 Å². The van der Waals surface area contributed by atoms with Crippen LogP contribution in [0.15, 0.2) is 0 Å². The molecule has 0 aliphatic heterocycles. The Balaban J connectivity index is 2.03. The molecule has 0 aromatic rings. The number of nitrogens with one attached hydrogen (secondary N) is 1. The maximum atomic E-state index is 11.9. The van der Waals surface area contributed by atoms with E-state index in [2.05, 4.69) is 4.72 Å². The Bertz CT molecular complexity index is 379. The SMILES string of the molecule is CCC(C#N)S(=O)(=O)NC(C1CC1)C1CC1. The van der Waals surface area contributed by atoms with Crippen LogP contribution in [-0.2, 0) is 10.0 Å². The van der Waals surface area contributed by atoms with Crippen molar-refractivity contribution in [3.8, 4) is 6.07 Å². The van der Waals surface area contributed by atoms with Gasteiger partial charge in [-0.2, -0.15) is 5.26 Å². The van der Waals surface area contributed by atoms with Crippen LogP contribution in [0, 0.1) is 23.2 Å². The van der Waals surface area contributed by atoms with Gasteiger partial charge in [-0.25, -0.2) is 13.1 Å². The van der Waals surface area contributed by atoms with Gasteiger partial charge in [0.15, 0.2) is 5.25 Å². The molecule has 0 heterocycles. The van der Waals surface area contributed by atoms with Gasteiger partial charge in [-0.05, 0) is 43.9 Å². The zero-order chi connectivity index (χ0) is 11.8. The number of nitrogens with zero attached hydrogens (tertiary/aromatic N) is 1. The predicted molar refractivity (Wildman–Crippen MR) is 61.0 cm³/mol. The van der Waals surface area contributed by atoms with Crippen LogP contribution in [-0.4, -0.2) is 19.7 Å². The van der Waals surface area contributed by atoms with Crippen molar-refractivity contribution in [2.45, 2.75) is 50.3 Å². The van der Waals surface area contributed by atoms with Crippen LogP contribution in [0.1, 0.15) is 39.0 Å². The van der Waals surface area contributed by atoms with E-state index in [4.69, 9.17) is 5.26 Å². The molecule has 5 heteroatoms. The van der Waals surface area contributed by atoms with E-state index in [1.807, 2.05) is 6.07 Å². The van der Waals surface area contributed by atoms with Crippen LogP contribution in [0.2, 0.25) is 0 Å². The van der Waals surface area contributed by atoms with Gasteiger partial charge in [0.25, 0.3) is 0 Å². The van der Waals surface area contributed by atoms with Gasteiger partial charge in [-0.15, -0.1) is 0 Å². The Morgan fingerprint density at radius 3 is 2.12 bits per heavy atom. The Morgan fingerprint density at radius 2 is 1.81 bits per heavy atom. The maximum absolute atomic E-state index is 11.9. The lowest BCUT2D eigenvalue weighted by molar-refractivity contribution is 0.468. The van der Waals surface area contributed by atoms with Gasteiger partial charge < -0.3 is 0 Å². The molecule has 16 heavy (non-hydrogen) atoms. The van der Waals surface area contributed by atoms with E-state index in [0.29, 0.717) is 18.3 Å². The average molecular weight is 242 g/mol. The third-order valence-electron chi connectivity index (χ3n) is 3.45. The van der Waals surface area contributed by atoms with Crippen LogP contribution >= 0.6 is 0 Å². The van der Waals surface area contributed by atoms with Crippen LogP contribution < -0.4 is 4.72 Å². The van der Waals surface area contributed by atoms with Crippen LogP contribution in [0.4, 0.5) is 0 Å². The summed E-state index contributed by atoms with van der Waals surface area (Å²) in [7, 11) is -3.44. The molecule has 4 nitrogen and oxygen atoms in total. The highest BCUT2D eigenvalue weighted by Crippen LogP contribution is 2.44. The molecular weight excluding hydrogens is 224 g/mol. The summed E-state index contributed by atoms with van der Waals surface area (Å²) in [5.41, 5.74) is 0. The van der Waals surface area contributed by atoms with E-state index in [0.717, 1.165) is 25.7 Å². The van der Waals surface area contributed by atoms with Gasteiger partial charge in [0, 0.05) is 6.04 Å². The van der Waals surface area contributed by atoms with Gasteiger partial charge in [0.05, 0.1) is 6.07 Å². The lowest BCUT2D eigenvalue weighted by Gasteiger charge is -2.19. The summed E-state index contributed by atoms with van der Waals surface area (Å²) in [6.45, 7) is 1.73. The first-order valence-electron chi connectivity index (χ1n) is 5.99. The fourth-order valence-electron chi connectivity index (χ4n) is 2.14. The minimum atomic E-state index is -3.44. The monoisotopic (exact) mass is 242 g/mol. The highest BCUT2D eigenvalue weighted by atomic mass is 32.2. The summed E-state index contributed by atoms with van der Waals surface area (Å²) in [6, 6.07) is 1.97. The van der Waals surface area contributed by atoms with Crippen molar-refractivity contribution >= 4 is 10.0 Å². The number of hydrogen-bond donors (Lipinski definition) is 1. The van der Waals surface area contributed by atoms with Gasteiger partial charge >= 0.3 is 0 Å². The Labute approximate surface area is 97.1 Å². The third-order valence-corrected chi connectivity index (χ3v) is 5.24. The summed E-state index contributed by atoms with van der Waals surface area (Å²) in [5, 5.41) is 7.92. The molecular formula is C11H18N2O2S. The van der Waals surface area contributed by atoms with Crippen LogP contribution in [0.3, 0.4) is 0 Å². The topological polar surface area (TPSA) is 70.0 Å². The van der Waals surface area contributed by atoms with E-state index >= 15 is 0 Å². The maximum Gasteiger partial charge on any atom is 0.228 e. The molecule has 1 N–H and O–H groups in total. The lowest BCUT2D eigenvalue weighted by Crippen LogP contribution is -2.42. The Hall–Kier alpha value is -0.600. The first-order valence-corrected chi connectivity index (χ1v) is 7.54. The van der Waals surface area contributed by atoms with Crippen molar-refractivity contribution in [2.75, 3.05) is 0 Å². The molecule has 0 saturated heterocycles. The van der Waals surface area contributed by atoms with Gasteiger partial charge in [-0.1, -0.05) is 6.92 Å². The van der Waals surface area contributed by atoms with E-state index in [9.17, 15) is 8.42 Å². The second-order valence-corrected chi connectivity index (χ2v) is 6.78. The highest BCUT2D eigenvalue weighted by Gasteiger charge is 2.44. The number of nitriles is 1. The number of sulfonamides is 1.